The van der Waals surface area contributed by atoms with Gasteiger partial charge in [-0.05, 0) is 5.56 Å². The summed E-state index contributed by atoms with van der Waals surface area (Å²) in [4.78, 5) is 2.14. The summed E-state index contributed by atoms with van der Waals surface area (Å²) >= 11 is 0. The second-order valence-corrected chi connectivity index (χ2v) is 4.63. The van der Waals surface area contributed by atoms with Crippen molar-refractivity contribution in [2.45, 2.75) is 18.8 Å². The van der Waals surface area contributed by atoms with E-state index < -0.39 is 6.10 Å². The quantitative estimate of drug-likeness (QED) is 0.741. The van der Waals surface area contributed by atoms with Crippen molar-refractivity contribution < 1.29 is 9.84 Å². The van der Waals surface area contributed by atoms with Crippen molar-refractivity contribution in [1.82, 2.24) is 4.90 Å². The molecule has 2 rings (SSSR count). The summed E-state index contributed by atoms with van der Waals surface area (Å²) in [5.74, 6) is 0. The molecule has 1 aromatic carbocycles. The van der Waals surface area contributed by atoms with Crippen molar-refractivity contribution in [2.75, 3.05) is 26.2 Å². The molecule has 4 heteroatoms. The second kappa shape index (κ2) is 6.12. The van der Waals surface area contributed by atoms with E-state index in [1.54, 1.807) is 0 Å². The molecule has 1 fully saturated rings. The largest absolute Gasteiger partial charge is 0.389 e. The van der Waals surface area contributed by atoms with Crippen molar-refractivity contribution in [1.29, 1.82) is 0 Å². The first-order valence-corrected chi connectivity index (χ1v) is 6.01. The Bertz CT molecular complexity index is 325. The molecule has 1 aromatic rings. The average Bonchev–Trinajstić information content (AvgIpc) is 2.28. The van der Waals surface area contributed by atoms with Crippen molar-refractivity contribution >= 4 is 0 Å². The first kappa shape index (κ1) is 12.5. The molecule has 94 valence electrons. The van der Waals surface area contributed by atoms with Crippen LogP contribution in [0, 0.1) is 0 Å². The van der Waals surface area contributed by atoms with Gasteiger partial charge in [-0.3, -0.25) is 4.90 Å². The molecular weight excluding hydrogens is 216 g/mol. The van der Waals surface area contributed by atoms with Gasteiger partial charge < -0.3 is 15.6 Å². The monoisotopic (exact) mass is 236 g/mol. The summed E-state index contributed by atoms with van der Waals surface area (Å²) in [6.07, 6.45) is -0.425. The van der Waals surface area contributed by atoms with Crippen LogP contribution in [0.2, 0.25) is 0 Å². The molecule has 0 bridgehead atoms. The number of ether oxygens (including phenoxy) is 1. The van der Waals surface area contributed by atoms with E-state index in [9.17, 15) is 5.11 Å². The van der Waals surface area contributed by atoms with Crippen LogP contribution >= 0.6 is 0 Å². The number of aliphatic hydroxyl groups excluding tert-OH is 1. The highest BCUT2D eigenvalue weighted by atomic mass is 16.5. The summed E-state index contributed by atoms with van der Waals surface area (Å²) < 4.78 is 5.47. The number of rotatable bonds is 6. The molecule has 0 aromatic heterocycles. The van der Waals surface area contributed by atoms with Crippen LogP contribution in [0.15, 0.2) is 30.3 Å². The highest BCUT2D eigenvalue weighted by Crippen LogP contribution is 2.06. The van der Waals surface area contributed by atoms with Crippen molar-refractivity contribution in [3.8, 4) is 0 Å². The van der Waals surface area contributed by atoms with Gasteiger partial charge in [-0.1, -0.05) is 30.3 Å². The smallest absolute Gasteiger partial charge is 0.0900 e. The minimum absolute atomic E-state index is 0.285. The molecule has 0 amide bonds. The van der Waals surface area contributed by atoms with Crippen LogP contribution in [0.25, 0.3) is 0 Å². The van der Waals surface area contributed by atoms with E-state index in [0.29, 0.717) is 19.8 Å². The van der Waals surface area contributed by atoms with E-state index in [1.807, 2.05) is 30.3 Å². The molecule has 0 aliphatic carbocycles. The Balaban J connectivity index is 1.58. The maximum Gasteiger partial charge on any atom is 0.0900 e. The van der Waals surface area contributed by atoms with Crippen molar-refractivity contribution in [2.24, 2.45) is 5.73 Å². The second-order valence-electron chi connectivity index (χ2n) is 4.63. The zero-order chi connectivity index (χ0) is 12.1. The van der Waals surface area contributed by atoms with E-state index >= 15 is 0 Å². The van der Waals surface area contributed by atoms with Gasteiger partial charge >= 0.3 is 0 Å². The Morgan fingerprint density at radius 2 is 2.06 bits per heavy atom. The lowest BCUT2D eigenvalue weighted by atomic mass is 10.1. The average molecular weight is 236 g/mol. The molecule has 0 spiro atoms. The van der Waals surface area contributed by atoms with Crippen LogP contribution in [0.3, 0.4) is 0 Å². The maximum absolute atomic E-state index is 9.74. The number of β-amino-alcohol motifs (C(OH)–C–C–N with tert-alkyl or cyclic N) is 1. The van der Waals surface area contributed by atoms with Gasteiger partial charge in [-0.25, -0.2) is 0 Å². The molecule has 1 heterocycles. The van der Waals surface area contributed by atoms with Gasteiger partial charge in [0.1, 0.15) is 0 Å². The van der Waals surface area contributed by atoms with Gasteiger partial charge in [0.05, 0.1) is 19.3 Å². The fourth-order valence-electron chi connectivity index (χ4n) is 2.00. The highest BCUT2D eigenvalue weighted by Gasteiger charge is 2.24. The predicted octanol–water partition coefficient (Wildman–Crippen LogP) is 0.207. The summed E-state index contributed by atoms with van der Waals surface area (Å²) in [5.41, 5.74) is 6.80. The first-order valence-electron chi connectivity index (χ1n) is 6.01. The lowest BCUT2D eigenvalue weighted by Crippen LogP contribution is -2.57. The standard InChI is InChI=1S/C13H20N2O2/c14-12-6-15(7-12)8-13(16)10-17-9-11-4-2-1-3-5-11/h1-5,12-13,16H,6-10,14H2. The number of benzene rings is 1. The minimum Gasteiger partial charge on any atom is -0.389 e. The third kappa shape index (κ3) is 4.09. The molecule has 4 nitrogen and oxygen atoms in total. The van der Waals surface area contributed by atoms with Gasteiger partial charge in [0.15, 0.2) is 0 Å². The summed E-state index contributed by atoms with van der Waals surface area (Å²) in [6, 6.07) is 10.3. The molecule has 0 saturated carbocycles. The van der Waals surface area contributed by atoms with E-state index in [4.69, 9.17) is 10.5 Å². The van der Waals surface area contributed by atoms with Gasteiger partial charge in [0.25, 0.3) is 0 Å². The molecule has 1 aliphatic heterocycles. The van der Waals surface area contributed by atoms with E-state index in [0.717, 1.165) is 18.7 Å². The number of aliphatic hydroxyl groups is 1. The Morgan fingerprint density at radius 1 is 1.35 bits per heavy atom. The van der Waals surface area contributed by atoms with Crippen LogP contribution in [0.5, 0.6) is 0 Å². The van der Waals surface area contributed by atoms with Crippen molar-refractivity contribution in [3.63, 3.8) is 0 Å². The van der Waals surface area contributed by atoms with Crippen LogP contribution < -0.4 is 5.73 Å². The van der Waals surface area contributed by atoms with E-state index in [1.165, 1.54) is 0 Å². The van der Waals surface area contributed by atoms with Crippen LogP contribution in [0.1, 0.15) is 5.56 Å². The molecule has 17 heavy (non-hydrogen) atoms. The molecule has 1 atom stereocenters. The molecule has 1 saturated heterocycles. The zero-order valence-electron chi connectivity index (χ0n) is 9.96. The fraction of sp³-hybridized carbons (Fsp3) is 0.538. The maximum atomic E-state index is 9.74. The Morgan fingerprint density at radius 3 is 2.71 bits per heavy atom. The summed E-state index contributed by atoms with van der Waals surface area (Å²) in [7, 11) is 0. The Kier molecular flexibility index (Phi) is 4.50. The predicted molar refractivity (Wildman–Crippen MR) is 66.5 cm³/mol. The van der Waals surface area contributed by atoms with Gasteiger partial charge in [0.2, 0.25) is 0 Å². The third-order valence-corrected chi connectivity index (χ3v) is 2.88. The third-order valence-electron chi connectivity index (χ3n) is 2.88. The van der Waals surface area contributed by atoms with Gasteiger partial charge in [-0.15, -0.1) is 0 Å². The fourth-order valence-corrected chi connectivity index (χ4v) is 2.00. The van der Waals surface area contributed by atoms with Crippen LogP contribution in [0.4, 0.5) is 0 Å². The molecule has 1 aliphatic rings. The Hall–Kier alpha value is -0.940. The van der Waals surface area contributed by atoms with Gasteiger partial charge in [-0.2, -0.15) is 0 Å². The lowest BCUT2D eigenvalue weighted by molar-refractivity contribution is -0.00427. The number of nitrogens with zero attached hydrogens (tertiary/aromatic N) is 1. The number of hydrogen-bond donors (Lipinski definition) is 2. The summed E-state index contributed by atoms with van der Waals surface area (Å²) in [5, 5.41) is 9.74. The first-order chi connectivity index (χ1) is 8.24. The molecule has 1 unspecified atom stereocenters. The SMILES string of the molecule is NC1CN(CC(O)COCc2ccccc2)C1. The molecule has 3 N–H and O–H groups in total. The Labute approximate surface area is 102 Å². The number of likely N-dealkylation sites (tertiary alicyclic amines) is 1. The zero-order valence-corrected chi connectivity index (χ0v) is 9.96. The van der Waals surface area contributed by atoms with E-state index in [-0.39, 0.29) is 6.04 Å². The van der Waals surface area contributed by atoms with Crippen LogP contribution in [-0.4, -0.2) is 48.4 Å². The van der Waals surface area contributed by atoms with Crippen LogP contribution in [-0.2, 0) is 11.3 Å². The minimum atomic E-state index is -0.425. The number of hydrogen-bond acceptors (Lipinski definition) is 4. The lowest BCUT2D eigenvalue weighted by Gasteiger charge is -2.37. The normalized spacial score (nSPS) is 18.9. The molecule has 0 radical (unpaired) electrons. The highest BCUT2D eigenvalue weighted by molar-refractivity contribution is 5.13. The topological polar surface area (TPSA) is 58.7 Å². The summed E-state index contributed by atoms with van der Waals surface area (Å²) in [6.45, 7) is 3.35. The van der Waals surface area contributed by atoms with Gasteiger partial charge in [0, 0.05) is 25.7 Å². The number of nitrogens with two attached hydrogens (primary N) is 1. The van der Waals surface area contributed by atoms with E-state index in [2.05, 4.69) is 4.90 Å². The van der Waals surface area contributed by atoms with Crippen molar-refractivity contribution in [3.05, 3.63) is 35.9 Å². The molecular formula is C13H20N2O2.